The fraction of sp³-hybridized carbons (Fsp3) is 0.103. The third kappa shape index (κ3) is 4.65. The lowest BCUT2D eigenvalue weighted by Gasteiger charge is -2.10. The zero-order valence-electron chi connectivity index (χ0n) is 20.0. The Morgan fingerprint density at radius 1 is 0.919 bits per heavy atom. The first-order valence-corrected chi connectivity index (χ1v) is 11.5. The van der Waals surface area contributed by atoms with Gasteiger partial charge in [0.25, 0.3) is 11.8 Å². The van der Waals surface area contributed by atoms with Crippen LogP contribution in [0.25, 0.3) is 22.8 Å². The number of rotatable bonds is 4. The van der Waals surface area contributed by atoms with E-state index in [0.29, 0.717) is 33.8 Å². The van der Waals surface area contributed by atoms with Gasteiger partial charge in [0, 0.05) is 28.3 Å². The summed E-state index contributed by atoms with van der Waals surface area (Å²) in [6.07, 6.45) is -2.82. The maximum atomic E-state index is 13.1. The number of amides is 2. The van der Waals surface area contributed by atoms with Crippen molar-refractivity contribution in [2.75, 3.05) is 10.6 Å². The van der Waals surface area contributed by atoms with Crippen LogP contribution in [0.15, 0.2) is 72.8 Å². The Morgan fingerprint density at radius 3 is 2.41 bits per heavy atom. The largest absolute Gasteiger partial charge is 0.416 e. The van der Waals surface area contributed by atoms with E-state index >= 15 is 0 Å². The average molecular weight is 502 g/mol. The molecule has 0 atom stereocenters. The Labute approximate surface area is 211 Å². The minimum Gasteiger partial charge on any atom is -0.358 e. The maximum Gasteiger partial charge on any atom is 0.416 e. The molecule has 5 rings (SSSR count). The van der Waals surface area contributed by atoms with Crippen molar-refractivity contribution in [2.45, 2.75) is 20.0 Å². The molecule has 2 amide bonds. The number of carbonyl (C=O) groups excluding carboxylic acids is 2. The second-order valence-electron chi connectivity index (χ2n) is 8.83. The first-order chi connectivity index (χ1) is 17.6. The number of H-pyrrole nitrogens is 1. The number of hydrogen-bond donors (Lipinski definition) is 3. The van der Waals surface area contributed by atoms with E-state index in [1.165, 1.54) is 12.1 Å². The molecule has 4 aromatic rings. The van der Waals surface area contributed by atoms with E-state index in [2.05, 4.69) is 15.6 Å². The molecule has 0 radical (unpaired) electrons. The number of alkyl halides is 3. The highest BCUT2D eigenvalue weighted by Gasteiger charge is 2.31. The lowest BCUT2D eigenvalue weighted by atomic mass is 9.98. The summed E-state index contributed by atoms with van der Waals surface area (Å²) in [4.78, 5) is 29.0. The number of benzene rings is 3. The number of aromatic amines is 1. The predicted octanol–water partition coefficient (Wildman–Crippen LogP) is 7.06. The second kappa shape index (κ2) is 9.13. The fourth-order valence-electron chi connectivity index (χ4n) is 4.51. The molecule has 0 fully saturated rings. The van der Waals surface area contributed by atoms with Crippen LogP contribution in [0.5, 0.6) is 0 Å². The van der Waals surface area contributed by atoms with Crippen LogP contribution in [0, 0.1) is 13.8 Å². The number of nitrogens with one attached hydrogen (secondary N) is 3. The molecule has 1 aromatic heterocycles. The Kier molecular flexibility index (Phi) is 5.95. The molecular weight excluding hydrogens is 479 g/mol. The Balaban J connectivity index is 1.47. The normalized spacial score (nSPS) is 14.0. The fourth-order valence-corrected chi connectivity index (χ4v) is 4.51. The number of anilines is 2. The molecule has 0 spiro atoms. The monoisotopic (exact) mass is 501 g/mol. The van der Waals surface area contributed by atoms with Gasteiger partial charge in [-0.05, 0) is 66.9 Å². The summed E-state index contributed by atoms with van der Waals surface area (Å²) in [5, 5.41) is 5.42. The topological polar surface area (TPSA) is 74.0 Å². The molecule has 0 saturated carbocycles. The SMILES string of the molecule is Cc1[nH]c(C=C2C(=O)Nc3ccc(-c4ccccc4)cc32)c(C)c1C(=O)Nc1cccc(C(F)(F)F)c1. The molecule has 3 N–H and O–H groups in total. The number of fused-ring (bicyclic) bond motifs is 1. The van der Waals surface area contributed by atoms with E-state index in [1.807, 2.05) is 48.5 Å². The van der Waals surface area contributed by atoms with Gasteiger partial charge in [0.05, 0.1) is 16.7 Å². The van der Waals surface area contributed by atoms with Gasteiger partial charge < -0.3 is 15.6 Å². The summed E-state index contributed by atoms with van der Waals surface area (Å²) in [7, 11) is 0. The number of hydrogen-bond acceptors (Lipinski definition) is 2. The summed E-state index contributed by atoms with van der Waals surface area (Å²) in [6.45, 7) is 3.43. The molecule has 2 heterocycles. The quantitative estimate of drug-likeness (QED) is 0.262. The predicted molar refractivity (Wildman–Crippen MR) is 138 cm³/mol. The van der Waals surface area contributed by atoms with Gasteiger partial charge in [-0.25, -0.2) is 0 Å². The molecule has 0 bridgehead atoms. The molecule has 5 nitrogen and oxygen atoms in total. The van der Waals surface area contributed by atoms with E-state index in [-0.39, 0.29) is 11.6 Å². The summed E-state index contributed by atoms with van der Waals surface area (Å²) in [5.41, 5.74) is 5.04. The van der Waals surface area contributed by atoms with Crippen molar-refractivity contribution in [1.82, 2.24) is 4.98 Å². The zero-order valence-corrected chi connectivity index (χ0v) is 20.0. The van der Waals surface area contributed by atoms with Crippen LogP contribution in [0.2, 0.25) is 0 Å². The van der Waals surface area contributed by atoms with Gasteiger partial charge in [-0.3, -0.25) is 9.59 Å². The van der Waals surface area contributed by atoms with Crippen molar-refractivity contribution < 1.29 is 22.8 Å². The average Bonchev–Trinajstić information content (AvgIpc) is 3.33. The highest BCUT2D eigenvalue weighted by Crippen LogP contribution is 2.37. The van der Waals surface area contributed by atoms with E-state index in [9.17, 15) is 22.8 Å². The van der Waals surface area contributed by atoms with Gasteiger partial charge in [0.15, 0.2) is 0 Å². The van der Waals surface area contributed by atoms with Crippen molar-refractivity contribution >= 4 is 34.8 Å². The van der Waals surface area contributed by atoms with E-state index in [4.69, 9.17) is 0 Å². The lowest BCUT2D eigenvalue weighted by molar-refractivity contribution is -0.137. The first-order valence-electron chi connectivity index (χ1n) is 11.5. The molecule has 1 aliphatic heterocycles. The number of aromatic nitrogens is 1. The van der Waals surface area contributed by atoms with Gasteiger partial charge >= 0.3 is 6.18 Å². The van der Waals surface area contributed by atoms with Crippen molar-refractivity contribution in [3.05, 3.63) is 106 Å². The van der Waals surface area contributed by atoms with Gasteiger partial charge in [-0.2, -0.15) is 13.2 Å². The summed E-state index contributed by atoms with van der Waals surface area (Å²) < 4.78 is 39.2. The Bertz CT molecular complexity index is 1570. The third-order valence-electron chi connectivity index (χ3n) is 6.35. The maximum absolute atomic E-state index is 13.1. The highest BCUT2D eigenvalue weighted by molar-refractivity contribution is 6.35. The van der Waals surface area contributed by atoms with Crippen molar-refractivity contribution in [3.8, 4) is 11.1 Å². The summed E-state index contributed by atoms with van der Waals surface area (Å²) in [5.74, 6) is -0.806. The van der Waals surface area contributed by atoms with Gasteiger partial charge in [0.1, 0.15) is 0 Å². The van der Waals surface area contributed by atoms with E-state index in [0.717, 1.165) is 28.8 Å². The molecule has 37 heavy (non-hydrogen) atoms. The van der Waals surface area contributed by atoms with Crippen molar-refractivity contribution in [2.24, 2.45) is 0 Å². The van der Waals surface area contributed by atoms with Gasteiger partial charge in [-0.15, -0.1) is 0 Å². The molecule has 3 aromatic carbocycles. The molecular formula is C29H22F3N3O2. The van der Waals surface area contributed by atoms with Crippen LogP contribution < -0.4 is 10.6 Å². The molecule has 8 heteroatoms. The van der Waals surface area contributed by atoms with E-state index < -0.39 is 17.6 Å². The van der Waals surface area contributed by atoms with Crippen LogP contribution in [0.3, 0.4) is 0 Å². The summed E-state index contributed by atoms with van der Waals surface area (Å²) >= 11 is 0. The molecule has 186 valence electrons. The van der Waals surface area contributed by atoms with Crippen LogP contribution in [0.4, 0.5) is 24.5 Å². The van der Waals surface area contributed by atoms with Crippen LogP contribution in [-0.2, 0) is 11.0 Å². The molecule has 1 aliphatic rings. The highest BCUT2D eigenvalue weighted by atomic mass is 19.4. The minimum absolute atomic E-state index is 0.0391. The van der Waals surface area contributed by atoms with Crippen LogP contribution in [-0.4, -0.2) is 16.8 Å². The smallest absolute Gasteiger partial charge is 0.358 e. The summed E-state index contributed by atoms with van der Waals surface area (Å²) in [6, 6.07) is 20.0. The van der Waals surface area contributed by atoms with Crippen molar-refractivity contribution in [1.29, 1.82) is 0 Å². The molecule has 0 aliphatic carbocycles. The van der Waals surface area contributed by atoms with Crippen LogP contribution in [0.1, 0.15) is 38.4 Å². The second-order valence-corrected chi connectivity index (χ2v) is 8.83. The number of halogens is 3. The lowest BCUT2D eigenvalue weighted by Crippen LogP contribution is -2.14. The number of aryl methyl sites for hydroxylation is 1. The standard InChI is InChI=1S/C29H22F3N3O2/c1-16-25(33-17(2)26(16)28(37)34-21-10-6-9-20(14-21)29(30,31)32)15-23-22-13-19(18-7-4-3-5-8-18)11-12-24(22)35-27(23)36/h3-15,33H,1-2H3,(H,34,37)(H,35,36). The molecule has 0 saturated heterocycles. The minimum atomic E-state index is -4.52. The Morgan fingerprint density at radius 2 is 1.68 bits per heavy atom. The van der Waals surface area contributed by atoms with Gasteiger partial charge in [0.2, 0.25) is 0 Å². The van der Waals surface area contributed by atoms with E-state index in [1.54, 1.807) is 19.9 Å². The van der Waals surface area contributed by atoms with Crippen molar-refractivity contribution in [3.63, 3.8) is 0 Å². The Hall–Kier alpha value is -4.59. The third-order valence-corrected chi connectivity index (χ3v) is 6.35. The number of carbonyl (C=O) groups is 2. The first kappa shape index (κ1) is 24.1. The zero-order chi connectivity index (χ0) is 26.3. The van der Waals surface area contributed by atoms with Crippen LogP contribution >= 0.6 is 0 Å². The van der Waals surface area contributed by atoms with Gasteiger partial charge in [-0.1, -0.05) is 42.5 Å². The molecule has 0 unspecified atom stereocenters.